The number of rotatable bonds is 3. The molecule has 1 aromatic heterocycles. The number of aromatic nitrogens is 1. The molecule has 2 aromatic rings. The van der Waals surface area contributed by atoms with Crippen LogP contribution in [0.4, 0.5) is 10.5 Å². The van der Waals surface area contributed by atoms with Gasteiger partial charge in [0.05, 0.1) is 0 Å². The zero-order chi connectivity index (χ0) is 16.4. The van der Waals surface area contributed by atoms with Crippen molar-refractivity contribution in [2.75, 3.05) is 5.32 Å². The molecule has 4 rings (SSSR count). The zero-order valence-corrected chi connectivity index (χ0v) is 13.5. The molecular weight excluding hydrogens is 302 g/mol. The van der Waals surface area contributed by atoms with Gasteiger partial charge in [0.2, 0.25) is 5.88 Å². The van der Waals surface area contributed by atoms with Crippen molar-refractivity contribution in [1.82, 2.24) is 9.88 Å². The molecule has 2 aliphatic heterocycles. The van der Waals surface area contributed by atoms with E-state index in [1.54, 1.807) is 6.20 Å². The predicted octanol–water partition coefficient (Wildman–Crippen LogP) is 3.69. The maximum atomic E-state index is 12.7. The number of para-hydroxylation sites is 1. The summed E-state index contributed by atoms with van der Waals surface area (Å²) in [7, 11) is 0. The monoisotopic (exact) mass is 323 g/mol. The summed E-state index contributed by atoms with van der Waals surface area (Å²) in [4.78, 5) is 18.9. The molecule has 1 aromatic carbocycles. The lowest BCUT2D eigenvalue weighted by molar-refractivity contribution is 0.0704. The molecule has 2 saturated heterocycles. The van der Waals surface area contributed by atoms with E-state index < -0.39 is 0 Å². The highest BCUT2D eigenvalue weighted by Crippen LogP contribution is 2.37. The minimum atomic E-state index is 0.00462. The maximum absolute atomic E-state index is 12.7. The SMILES string of the molecule is O=C(Nc1ccccc1)N1C2CCC1CC(Oc1ccccn1)C2. The Morgan fingerprint density at radius 3 is 2.42 bits per heavy atom. The van der Waals surface area contributed by atoms with E-state index in [9.17, 15) is 4.79 Å². The van der Waals surface area contributed by atoms with E-state index in [2.05, 4.69) is 10.3 Å². The number of urea groups is 1. The first-order chi connectivity index (χ1) is 11.8. The Balaban J connectivity index is 1.40. The zero-order valence-electron chi connectivity index (χ0n) is 13.5. The fourth-order valence-electron chi connectivity index (χ4n) is 3.85. The third-order valence-corrected chi connectivity index (χ3v) is 4.87. The van der Waals surface area contributed by atoms with E-state index in [1.807, 2.05) is 53.4 Å². The molecule has 2 aliphatic rings. The van der Waals surface area contributed by atoms with Gasteiger partial charge in [0, 0.05) is 42.9 Å². The van der Waals surface area contributed by atoms with Crippen molar-refractivity contribution in [3.63, 3.8) is 0 Å². The van der Waals surface area contributed by atoms with E-state index in [-0.39, 0.29) is 24.2 Å². The Hall–Kier alpha value is -2.56. The summed E-state index contributed by atoms with van der Waals surface area (Å²) in [5.74, 6) is 0.670. The normalized spacial score (nSPS) is 25.3. The molecule has 2 atom stereocenters. The van der Waals surface area contributed by atoms with Crippen molar-refractivity contribution in [3.05, 3.63) is 54.7 Å². The average molecular weight is 323 g/mol. The topological polar surface area (TPSA) is 54.5 Å². The van der Waals surface area contributed by atoms with Gasteiger partial charge < -0.3 is 15.0 Å². The van der Waals surface area contributed by atoms with E-state index in [1.165, 1.54) is 0 Å². The van der Waals surface area contributed by atoms with Crippen molar-refractivity contribution < 1.29 is 9.53 Å². The van der Waals surface area contributed by atoms with E-state index in [4.69, 9.17) is 4.74 Å². The summed E-state index contributed by atoms with van der Waals surface area (Å²) in [6.45, 7) is 0. The van der Waals surface area contributed by atoms with Crippen LogP contribution in [-0.4, -0.2) is 34.1 Å². The molecule has 2 amide bonds. The molecule has 0 aliphatic carbocycles. The van der Waals surface area contributed by atoms with Crippen molar-refractivity contribution in [3.8, 4) is 5.88 Å². The summed E-state index contributed by atoms with van der Waals surface area (Å²) in [5, 5.41) is 3.01. The van der Waals surface area contributed by atoms with Gasteiger partial charge in [-0.2, -0.15) is 0 Å². The summed E-state index contributed by atoms with van der Waals surface area (Å²) in [6, 6.07) is 15.8. The van der Waals surface area contributed by atoms with Gasteiger partial charge in [0.25, 0.3) is 0 Å². The molecule has 5 heteroatoms. The van der Waals surface area contributed by atoms with E-state index in [0.717, 1.165) is 31.4 Å². The first kappa shape index (κ1) is 15.0. The maximum Gasteiger partial charge on any atom is 0.322 e. The standard InChI is InChI=1S/C19H21N3O2/c23-19(21-14-6-2-1-3-7-14)22-15-9-10-16(22)13-17(12-15)24-18-8-4-5-11-20-18/h1-8,11,15-17H,9-10,12-13H2,(H,21,23). The number of hydrogen-bond acceptors (Lipinski definition) is 3. The smallest absolute Gasteiger partial charge is 0.322 e. The summed E-state index contributed by atoms with van der Waals surface area (Å²) in [5.41, 5.74) is 0.841. The molecule has 0 radical (unpaired) electrons. The highest BCUT2D eigenvalue weighted by atomic mass is 16.5. The van der Waals surface area contributed by atoms with Crippen LogP contribution >= 0.6 is 0 Å². The molecule has 24 heavy (non-hydrogen) atoms. The number of carbonyl (C=O) groups is 1. The molecule has 3 heterocycles. The lowest BCUT2D eigenvalue weighted by atomic mass is 10.00. The molecule has 2 unspecified atom stereocenters. The number of benzene rings is 1. The molecule has 1 N–H and O–H groups in total. The van der Waals surface area contributed by atoms with Crippen LogP contribution in [0.5, 0.6) is 5.88 Å². The third-order valence-electron chi connectivity index (χ3n) is 4.87. The molecule has 0 saturated carbocycles. The highest BCUT2D eigenvalue weighted by molar-refractivity contribution is 5.90. The van der Waals surface area contributed by atoms with Gasteiger partial charge in [0.15, 0.2) is 0 Å². The van der Waals surface area contributed by atoms with Crippen LogP contribution in [0.1, 0.15) is 25.7 Å². The molecule has 2 fully saturated rings. The quantitative estimate of drug-likeness (QED) is 0.937. The first-order valence-corrected chi connectivity index (χ1v) is 8.51. The second-order valence-electron chi connectivity index (χ2n) is 6.47. The van der Waals surface area contributed by atoms with Crippen LogP contribution in [0.25, 0.3) is 0 Å². The Labute approximate surface area is 141 Å². The fraction of sp³-hybridized carbons (Fsp3) is 0.368. The Bertz CT molecular complexity index is 678. The Morgan fingerprint density at radius 2 is 1.75 bits per heavy atom. The number of anilines is 1. The number of carbonyl (C=O) groups excluding carboxylic acids is 1. The van der Waals surface area contributed by atoms with Crippen LogP contribution in [0.15, 0.2) is 54.7 Å². The molecule has 2 bridgehead atoms. The molecule has 124 valence electrons. The van der Waals surface area contributed by atoms with Crippen LogP contribution in [0.2, 0.25) is 0 Å². The number of fused-ring (bicyclic) bond motifs is 2. The van der Waals surface area contributed by atoms with Crippen molar-refractivity contribution in [2.24, 2.45) is 0 Å². The van der Waals surface area contributed by atoms with Crippen LogP contribution < -0.4 is 10.1 Å². The van der Waals surface area contributed by atoms with Crippen molar-refractivity contribution >= 4 is 11.7 Å². The first-order valence-electron chi connectivity index (χ1n) is 8.51. The summed E-state index contributed by atoms with van der Waals surface area (Å²) < 4.78 is 6.01. The van der Waals surface area contributed by atoms with E-state index >= 15 is 0 Å². The van der Waals surface area contributed by atoms with Gasteiger partial charge in [-0.25, -0.2) is 9.78 Å². The number of piperidine rings is 1. The minimum absolute atomic E-state index is 0.00462. The molecular formula is C19H21N3O2. The second-order valence-corrected chi connectivity index (χ2v) is 6.47. The van der Waals surface area contributed by atoms with Crippen molar-refractivity contribution in [1.29, 1.82) is 0 Å². The van der Waals surface area contributed by atoms with Gasteiger partial charge in [-0.1, -0.05) is 24.3 Å². The third kappa shape index (κ3) is 3.07. The Morgan fingerprint density at radius 1 is 1.04 bits per heavy atom. The fourth-order valence-corrected chi connectivity index (χ4v) is 3.85. The minimum Gasteiger partial charge on any atom is -0.474 e. The number of nitrogens with zero attached hydrogens (tertiary/aromatic N) is 2. The molecule has 0 spiro atoms. The number of hydrogen-bond donors (Lipinski definition) is 1. The van der Waals surface area contributed by atoms with Crippen molar-refractivity contribution in [2.45, 2.75) is 43.9 Å². The van der Waals surface area contributed by atoms with Crippen LogP contribution in [-0.2, 0) is 0 Å². The van der Waals surface area contributed by atoms with Gasteiger partial charge >= 0.3 is 6.03 Å². The van der Waals surface area contributed by atoms with Crippen LogP contribution in [0, 0.1) is 0 Å². The van der Waals surface area contributed by atoms with Gasteiger partial charge in [-0.15, -0.1) is 0 Å². The number of ether oxygens (including phenoxy) is 1. The Kier molecular flexibility index (Phi) is 4.07. The number of amides is 2. The average Bonchev–Trinajstić information content (AvgIpc) is 2.88. The number of nitrogens with one attached hydrogen (secondary N) is 1. The lowest BCUT2D eigenvalue weighted by Crippen LogP contribution is -2.50. The second kappa shape index (κ2) is 6.51. The lowest BCUT2D eigenvalue weighted by Gasteiger charge is -2.38. The van der Waals surface area contributed by atoms with Gasteiger partial charge in [-0.05, 0) is 31.0 Å². The van der Waals surface area contributed by atoms with E-state index in [0.29, 0.717) is 5.88 Å². The molecule has 5 nitrogen and oxygen atoms in total. The number of pyridine rings is 1. The van der Waals surface area contributed by atoms with Crippen LogP contribution in [0.3, 0.4) is 0 Å². The summed E-state index contributed by atoms with van der Waals surface area (Å²) >= 11 is 0. The van der Waals surface area contributed by atoms with Gasteiger partial charge in [-0.3, -0.25) is 0 Å². The predicted molar refractivity (Wildman–Crippen MR) is 92.0 cm³/mol. The van der Waals surface area contributed by atoms with Gasteiger partial charge in [0.1, 0.15) is 6.10 Å². The highest BCUT2D eigenvalue weighted by Gasteiger charge is 2.44. The largest absolute Gasteiger partial charge is 0.474 e. The summed E-state index contributed by atoms with van der Waals surface area (Å²) in [6.07, 6.45) is 5.72.